The van der Waals surface area contributed by atoms with Crippen molar-refractivity contribution in [2.24, 2.45) is 0 Å². The fraction of sp³-hybridized carbons (Fsp3) is 0.548. The fourth-order valence-corrected chi connectivity index (χ4v) is 5.20. The standard InChI is InChI=1S/C31H45N/c1-8-20-32(9-2)21-10-11-25-12-14-26(15-13-25)22-24(3)27-16-17-28-29(23-27)31(6,7)19-18-30(28,4)5/h12-17,22-23H,8-11,18-21H2,1-7H3/b24-22+. The van der Waals surface area contributed by atoms with E-state index in [1.165, 1.54) is 73.0 Å². The van der Waals surface area contributed by atoms with Crippen molar-refractivity contribution < 1.29 is 0 Å². The van der Waals surface area contributed by atoms with E-state index in [9.17, 15) is 0 Å². The van der Waals surface area contributed by atoms with Gasteiger partial charge in [0.15, 0.2) is 0 Å². The van der Waals surface area contributed by atoms with Gasteiger partial charge in [-0.2, -0.15) is 0 Å². The van der Waals surface area contributed by atoms with Crippen molar-refractivity contribution in [3.05, 3.63) is 70.3 Å². The lowest BCUT2D eigenvalue weighted by Crippen LogP contribution is -2.33. The summed E-state index contributed by atoms with van der Waals surface area (Å²) in [7, 11) is 0. The fourth-order valence-electron chi connectivity index (χ4n) is 5.20. The summed E-state index contributed by atoms with van der Waals surface area (Å²) >= 11 is 0. The van der Waals surface area contributed by atoms with E-state index in [-0.39, 0.29) is 10.8 Å². The molecule has 0 bridgehead atoms. The van der Waals surface area contributed by atoms with Crippen molar-refractivity contribution in [2.75, 3.05) is 19.6 Å². The lowest BCUT2D eigenvalue weighted by atomic mass is 9.63. The first kappa shape index (κ1) is 24.8. The van der Waals surface area contributed by atoms with E-state index in [0.717, 1.165) is 6.54 Å². The van der Waals surface area contributed by atoms with E-state index in [0.29, 0.717) is 0 Å². The van der Waals surface area contributed by atoms with E-state index in [2.05, 4.69) is 102 Å². The van der Waals surface area contributed by atoms with Gasteiger partial charge in [-0.3, -0.25) is 0 Å². The number of nitrogens with zero attached hydrogens (tertiary/aromatic N) is 1. The second-order valence-corrected chi connectivity index (χ2v) is 11.1. The molecule has 0 spiro atoms. The van der Waals surface area contributed by atoms with Crippen LogP contribution < -0.4 is 0 Å². The molecule has 2 aromatic carbocycles. The molecular weight excluding hydrogens is 386 g/mol. The Morgan fingerprint density at radius 2 is 1.53 bits per heavy atom. The van der Waals surface area contributed by atoms with Crippen LogP contribution in [0.5, 0.6) is 0 Å². The summed E-state index contributed by atoms with van der Waals surface area (Å²) in [5.41, 5.74) is 9.06. The van der Waals surface area contributed by atoms with Gasteiger partial charge in [-0.05, 0) is 103 Å². The summed E-state index contributed by atoms with van der Waals surface area (Å²) in [6.07, 6.45) is 8.51. The average molecular weight is 432 g/mol. The Morgan fingerprint density at radius 3 is 2.16 bits per heavy atom. The largest absolute Gasteiger partial charge is 0.304 e. The zero-order valence-corrected chi connectivity index (χ0v) is 21.7. The van der Waals surface area contributed by atoms with Crippen LogP contribution in [0.25, 0.3) is 11.6 Å². The Morgan fingerprint density at radius 1 is 0.875 bits per heavy atom. The van der Waals surface area contributed by atoms with Crippen LogP contribution >= 0.6 is 0 Å². The highest BCUT2D eigenvalue weighted by Crippen LogP contribution is 2.46. The number of fused-ring (bicyclic) bond motifs is 1. The van der Waals surface area contributed by atoms with Crippen molar-refractivity contribution in [1.82, 2.24) is 4.90 Å². The van der Waals surface area contributed by atoms with E-state index in [1.54, 1.807) is 5.56 Å². The highest BCUT2D eigenvalue weighted by molar-refractivity contribution is 5.80. The monoisotopic (exact) mass is 431 g/mol. The summed E-state index contributed by atoms with van der Waals surface area (Å²) in [4.78, 5) is 2.56. The number of rotatable bonds is 9. The van der Waals surface area contributed by atoms with Crippen LogP contribution in [0.3, 0.4) is 0 Å². The third-order valence-corrected chi connectivity index (χ3v) is 7.60. The molecule has 0 amide bonds. The molecule has 32 heavy (non-hydrogen) atoms. The normalized spacial score (nSPS) is 17.4. The molecule has 3 rings (SSSR count). The summed E-state index contributed by atoms with van der Waals surface area (Å²) in [6.45, 7) is 20.0. The Kier molecular flexibility index (Phi) is 8.04. The highest BCUT2D eigenvalue weighted by Gasteiger charge is 2.36. The molecule has 0 aliphatic heterocycles. The molecule has 2 aromatic rings. The van der Waals surface area contributed by atoms with Crippen LogP contribution in [0, 0.1) is 0 Å². The quantitative estimate of drug-likeness (QED) is 0.361. The Balaban J connectivity index is 1.70. The second-order valence-electron chi connectivity index (χ2n) is 11.1. The van der Waals surface area contributed by atoms with Crippen molar-refractivity contribution in [3.63, 3.8) is 0 Å². The highest BCUT2D eigenvalue weighted by atomic mass is 15.1. The lowest BCUT2D eigenvalue weighted by Gasteiger charge is -2.42. The van der Waals surface area contributed by atoms with Crippen molar-refractivity contribution in [1.29, 1.82) is 0 Å². The molecule has 1 heteroatoms. The molecule has 0 N–H and O–H groups in total. The first-order valence-corrected chi connectivity index (χ1v) is 12.8. The Labute approximate surface area is 197 Å². The molecule has 174 valence electrons. The molecule has 0 saturated heterocycles. The minimum Gasteiger partial charge on any atom is -0.304 e. The molecule has 0 saturated carbocycles. The maximum Gasteiger partial charge on any atom is -0.00157 e. The van der Waals surface area contributed by atoms with E-state index >= 15 is 0 Å². The number of allylic oxidation sites excluding steroid dienone is 1. The van der Waals surface area contributed by atoms with E-state index in [4.69, 9.17) is 0 Å². The number of hydrogen-bond donors (Lipinski definition) is 0. The van der Waals surface area contributed by atoms with Gasteiger partial charge in [0.2, 0.25) is 0 Å². The molecule has 0 atom stereocenters. The zero-order chi connectivity index (χ0) is 23.4. The van der Waals surface area contributed by atoms with Gasteiger partial charge in [0.1, 0.15) is 0 Å². The minimum atomic E-state index is 0.257. The molecule has 0 fully saturated rings. The predicted molar refractivity (Wildman–Crippen MR) is 142 cm³/mol. The summed E-state index contributed by atoms with van der Waals surface area (Å²) < 4.78 is 0. The third kappa shape index (κ3) is 5.93. The maximum atomic E-state index is 2.56. The van der Waals surface area contributed by atoms with Gasteiger partial charge >= 0.3 is 0 Å². The Hall–Kier alpha value is -1.86. The van der Waals surface area contributed by atoms with Crippen LogP contribution in [-0.2, 0) is 17.3 Å². The Bertz CT molecular complexity index is 914. The number of hydrogen-bond acceptors (Lipinski definition) is 1. The van der Waals surface area contributed by atoms with Gasteiger partial charge in [0.05, 0.1) is 0 Å². The van der Waals surface area contributed by atoms with E-state index < -0.39 is 0 Å². The second kappa shape index (κ2) is 10.4. The number of aryl methyl sites for hydroxylation is 1. The van der Waals surface area contributed by atoms with E-state index in [1.807, 2.05) is 0 Å². The van der Waals surface area contributed by atoms with Crippen LogP contribution in [0.4, 0.5) is 0 Å². The minimum absolute atomic E-state index is 0.257. The molecule has 0 radical (unpaired) electrons. The van der Waals surface area contributed by atoms with Crippen molar-refractivity contribution in [3.8, 4) is 0 Å². The van der Waals surface area contributed by atoms with Crippen LogP contribution in [0.2, 0.25) is 0 Å². The van der Waals surface area contributed by atoms with Crippen LogP contribution in [-0.4, -0.2) is 24.5 Å². The molecule has 0 unspecified atom stereocenters. The zero-order valence-electron chi connectivity index (χ0n) is 21.7. The molecule has 0 aromatic heterocycles. The summed E-state index contributed by atoms with van der Waals surface area (Å²) in [5, 5.41) is 0. The van der Waals surface area contributed by atoms with Crippen molar-refractivity contribution >= 4 is 11.6 Å². The van der Waals surface area contributed by atoms with Crippen LogP contribution in [0.1, 0.15) is 102 Å². The predicted octanol–water partition coefficient (Wildman–Crippen LogP) is 8.26. The smallest absolute Gasteiger partial charge is 0.00157 e. The van der Waals surface area contributed by atoms with Crippen molar-refractivity contribution in [2.45, 2.75) is 91.4 Å². The summed E-state index contributed by atoms with van der Waals surface area (Å²) in [5.74, 6) is 0. The summed E-state index contributed by atoms with van der Waals surface area (Å²) in [6, 6.07) is 16.4. The maximum absolute atomic E-state index is 2.56. The topological polar surface area (TPSA) is 3.24 Å². The average Bonchev–Trinajstić information content (AvgIpc) is 2.77. The third-order valence-electron chi connectivity index (χ3n) is 7.60. The van der Waals surface area contributed by atoms with Gasteiger partial charge in [0.25, 0.3) is 0 Å². The van der Waals surface area contributed by atoms with Crippen LogP contribution in [0.15, 0.2) is 42.5 Å². The first-order chi connectivity index (χ1) is 15.2. The first-order valence-electron chi connectivity index (χ1n) is 12.8. The molecule has 0 heterocycles. The van der Waals surface area contributed by atoms with Gasteiger partial charge < -0.3 is 4.90 Å². The molecule has 1 aliphatic rings. The van der Waals surface area contributed by atoms with Gasteiger partial charge in [0, 0.05) is 0 Å². The molecule has 1 aliphatic carbocycles. The van der Waals surface area contributed by atoms with Gasteiger partial charge in [-0.15, -0.1) is 0 Å². The number of benzene rings is 2. The molecular formula is C31H45N. The molecule has 1 nitrogen and oxygen atoms in total. The lowest BCUT2D eigenvalue weighted by molar-refractivity contribution is 0.285. The van der Waals surface area contributed by atoms with Gasteiger partial charge in [-0.25, -0.2) is 0 Å². The van der Waals surface area contributed by atoms with Gasteiger partial charge in [-0.1, -0.05) is 90.1 Å². The SMILES string of the molecule is CCCN(CC)CCCc1ccc(/C=C(\C)c2ccc3c(c2)C(C)(C)CCC3(C)C)cc1.